The molecule has 0 amide bonds. The van der Waals surface area contributed by atoms with Crippen LogP contribution in [0.5, 0.6) is 11.5 Å². The van der Waals surface area contributed by atoms with Gasteiger partial charge in [-0.05, 0) is 50.2 Å². The van der Waals surface area contributed by atoms with Gasteiger partial charge >= 0.3 is 0 Å². The molecule has 0 aliphatic carbocycles. The maximum Gasteiger partial charge on any atom is 0.199 e. The molecule has 0 fully saturated rings. The van der Waals surface area contributed by atoms with Gasteiger partial charge in [-0.3, -0.25) is 4.79 Å². The second-order valence-corrected chi connectivity index (χ2v) is 4.84. The Morgan fingerprint density at radius 2 is 1.76 bits per heavy atom. The largest absolute Gasteiger partial charge is 0.496 e. The molecule has 0 aromatic heterocycles. The summed E-state index contributed by atoms with van der Waals surface area (Å²) >= 11 is 0. The molecule has 3 nitrogen and oxygen atoms in total. The number of halogens is 1. The van der Waals surface area contributed by atoms with Crippen molar-refractivity contribution in [3.63, 3.8) is 0 Å². The SMILES string of the molecule is COc1cccc(F)c1C(=O)c1ccc(OC(C)C)cc1. The molecule has 0 aliphatic rings. The van der Waals surface area contributed by atoms with E-state index in [1.807, 2.05) is 13.8 Å². The maximum absolute atomic E-state index is 13.9. The Kier molecular flexibility index (Phi) is 4.58. The summed E-state index contributed by atoms with van der Waals surface area (Å²) in [5, 5.41) is 0. The van der Waals surface area contributed by atoms with Crippen molar-refractivity contribution in [2.75, 3.05) is 7.11 Å². The van der Waals surface area contributed by atoms with Crippen molar-refractivity contribution in [1.82, 2.24) is 0 Å². The molecule has 0 atom stereocenters. The first kappa shape index (κ1) is 15.0. The Labute approximate surface area is 123 Å². The van der Waals surface area contributed by atoms with Crippen LogP contribution >= 0.6 is 0 Å². The molecule has 0 aliphatic heterocycles. The van der Waals surface area contributed by atoms with Crippen molar-refractivity contribution >= 4 is 5.78 Å². The van der Waals surface area contributed by atoms with Gasteiger partial charge in [-0.2, -0.15) is 0 Å². The summed E-state index contributed by atoms with van der Waals surface area (Å²) < 4.78 is 24.5. The van der Waals surface area contributed by atoms with Gasteiger partial charge in [-0.25, -0.2) is 4.39 Å². The van der Waals surface area contributed by atoms with Gasteiger partial charge in [0.2, 0.25) is 0 Å². The van der Waals surface area contributed by atoms with Gasteiger partial charge in [0.05, 0.1) is 13.2 Å². The van der Waals surface area contributed by atoms with Gasteiger partial charge in [0.1, 0.15) is 22.9 Å². The Morgan fingerprint density at radius 1 is 1.10 bits per heavy atom. The normalized spacial score (nSPS) is 10.5. The summed E-state index contributed by atoms with van der Waals surface area (Å²) in [7, 11) is 1.41. The lowest BCUT2D eigenvalue weighted by Crippen LogP contribution is -2.08. The van der Waals surface area contributed by atoms with Crippen LogP contribution in [0.4, 0.5) is 4.39 Å². The number of carbonyl (C=O) groups is 1. The van der Waals surface area contributed by atoms with Gasteiger partial charge < -0.3 is 9.47 Å². The fourth-order valence-electron chi connectivity index (χ4n) is 2.00. The maximum atomic E-state index is 13.9. The summed E-state index contributed by atoms with van der Waals surface area (Å²) in [6.45, 7) is 3.84. The minimum atomic E-state index is -0.596. The van der Waals surface area contributed by atoms with Crippen molar-refractivity contribution < 1.29 is 18.7 Å². The second kappa shape index (κ2) is 6.39. The van der Waals surface area contributed by atoms with Crippen molar-refractivity contribution in [2.24, 2.45) is 0 Å². The molecule has 2 aromatic rings. The first-order chi connectivity index (χ1) is 10.0. The molecule has 4 heteroatoms. The van der Waals surface area contributed by atoms with Crippen LogP contribution in [-0.4, -0.2) is 19.0 Å². The minimum Gasteiger partial charge on any atom is -0.496 e. The molecule has 110 valence electrons. The molecule has 2 rings (SSSR count). The van der Waals surface area contributed by atoms with E-state index in [4.69, 9.17) is 9.47 Å². The number of ether oxygens (including phenoxy) is 2. The lowest BCUT2D eigenvalue weighted by molar-refractivity contribution is 0.103. The summed E-state index contributed by atoms with van der Waals surface area (Å²) in [6, 6.07) is 10.9. The van der Waals surface area contributed by atoms with Crippen LogP contribution in [0.15, 0.2) is 42.5 Å². The van der Waals surface area contributed by atoms with Crippen LogP contribution in [0.1, 0.15) is 29.8 Å². The number of carbonyl (C=O) groups excluding carboxylic acids is 1. The molecule has 0 spiro atoms. The molecule has 0 bridgehead atoms. The van der Waals surface area contributed by atoms with Gasteiger partial charge in [0.15, 0.2) is 5.78 Å². The highest BCUT2D eigenvalue weighted by atomic mass is 19.1. The van der Waals surface area contributed by atoms with Crippen LogP contribution < -0.4 is 9.47 Å². The Morgan fingerprint density at radius 3 is 2.33 bits per heavy atom. The zero-order valence-corrected chi connectivity index (χ0v) is 12.2. The predicted octanol–water partition coefficient (Wildman–Crippen LogP) is 3.85. The van der Waals surface area contributed by atoms with Gasteiger partial charge in [-0.1, -0.05) is 6.07 Å². The first-order valence-corrected chi connectivity index (χ1v) is 6.67. The number of benzene rings is 2. The molecule has 0 unspecified atom stereocenters. The topological polar surface area (TPSA) is 35.5 Å². The van der Waals surface area contributed by atoms with Crippen LogP contribution in [0.25, 0.3) is 0 Å². The average Bonchev–Trinajstić information content (AvgIpc) is 2.46. The molecule has 0 saturated heterocycles. The fourth-order valence-corrected chi connectivity index (χ4v) is 2.00. The van der Waals surface area contributed by atoms with E-state index in [0.29, 0.717) is 11.3 Å². The molecule has 21 heavy (non-hydrogen) atoms. The summed E-state index contributed by atoms with van der Waals surface area (Å²) in [5.41, 5.74) is 0.326. The van der Waals surface area contributed by atoms with Crippen molar-refractivity contribution in [3.05, 3.63) is 59.4 Å². The highest BCUT2D eigenvalue weighted by Gasteiger charge is 2.19. The zero-order chi connectivity index (χ0) is 15.4. The Balaban J connectivity index is 2.32. The highest BCUT2D eigenvalue weighted by Crippen LogP contribution is 2.25. The summed E-state index contributed by atoms with van der Waals surface area (Å²) in [4.78, 5) is 12.4. The molecule has 0 heterocycles. The van der Waals surface area contributed by atoms with Crippen LogP contribution in [-0.2, 0) is 0 Å². The smallest absolute Gasteiger partial charge is 0.199 e. The van der Waals surface area contributed by atoms with E-state index >= 15 is 0 Å². The van der Waals surface area contributed by atoms with Crippen LogP contribution in [0.3, 0.4) is 0 Å². The van der Waals surface area contributed by atoms with E-state index in [2.05, 4.69) is 0 Å². The van der Waals surface area contributed by atoms with E-state index in [-0.39, 0.29) is 17.4 Å². The van der Waals surface area contributed by atoms with E-state index in [1.54, 1.807) is 30.3 Å². The van der Waals surface area contributed by atoms with Crippen molar-refractivity contribution in [2.45, 2.75) is 20.0 Å². The standard InChI is InChI=1S/C17H17FO3/c1-11(2)21-13-9-7-12(8-10-13)17(19)16-14(18)5-4-6-15(16)20-3/h4-11H,1-3H3. The number of ketones is 1. The lowest BCUT2D eigenvalue weighted by Gasteiger charge is -2.11. The molecule has 0 N–H and O–H groups in total. The fraction of sp³-hybridized carbons (Fsp3) is 0.235. The van der Waals surface area contributed by atoms with E-state index in [1.165, 1.54) is 19.2 Å². The van der Waals surface area contributed by atoms with Gasteiger partial charge in [0.25, 0.3) is 0 Å². The first-order valence-electron chi connectivity index (χ1n) is 6.67. The van der Waals surface area contributed by atoms with Gasteiger partial charge in [-0.15, -0.1) is 0 Å². The van der Waals surface area contributed by atoms with Crippen molar-refractivity contribution in [3.8, 4) is 11.5 Å². The number of methoxy groups -OCH3 is 1. The highest BCUT2D eigenvalue weighted by molar-refractivity contribution is 6.10. The number of hydrogen-bond acceptors (Lipinski definition) is 3. The van der Waals surface area contributed by atoms with E-state index in [0.717, 1.165) is 0 Å². The van der Waals surface area contributed by atoms with Gasteiger partial charge in [0, 0.05) is 5.56 Å². The monoisotopic (exact) mass is 288 g/mol. The van der Waals surface area contributed by atoms with E-state index < -0.39 is 11.6 Å². The third-order valence-electron chi connectivity index (χ3n) is 2.91. The average molecular weight is 288 g/mol. The number of rotatable bonds is 5. The molecular formula is C17H17FO3. The van der Waals surface area contributed by atoms with Crippen molar-refractivity contribution in [1.29, 1.82) is 0 Å². The summed E-state index contributed by atoms with van der Waals surface area (Å²) in [6.07, 6.45) is 0.0539. The molecule has 0 radical (unpaired) electrons. The van der Waals surface area contributed by atoms with Crippen LogP contribution in [0.2, 0.25) is 0 Å². The number of hydrogen-bond donors (Lipinski definition) is 0. The predicted molar refractivity (Wildman–Crippen MR) is 78.6 cm³/mol. The molecule has 2 aromatic carbocycles. The second-order valence-electron chi connectivity index (χ2n) is 4.84. The van der Waals surface area contributed by atoms with Crippen LogP contribution in [0, 0.1) is 5.82 Å². The lowest BCUT2D eigenvalue weighted by atomic mass is 10.0. The van der Waals surface area contributed by atoms with E-state index in [9.17, 15) is 9.18 Å². The Hall–Kier alpha value is -2.36. The summed E-state index contributed by atoms with van der Waals surface area (Å²) in [5.74, 6) is -0.118. The third-order valence-corrected chi connectivity index (χ3v) is 2.91. The molecular weight excluding hydrogens is 271 g/mol. The third kappa shape index (κ3) is 3.40. The Bertz CT molecular complexity index is 633. The zero-order valence-electron chi connectivity index (χ0n) is 12.2. The quantitative estimate of drug-likeness (QED) is 0.784. The molecule has 0 saturated carbocycles. The minimum absolute atomic E-state index is 0.0539.